The molecule has 1 unspecified atom stereocenters. The van der Waals surface area contributed by atoms with Crippen LogP contribution in [0.3, 0.4) is 0 Å². The molecule has 0 saturated heterocycles. The van der Waals surface area contributed by atoms with E-state index in [2.05, 4.69) is 5.32 Å². The van der Waals surface area contributed by atoms with E-state index in [-0.39, 0.29) is 17.8 Å². The summed E-state index contributed by atoms with van der Waals surface area (Å²) in [5.41, 5.74) is 0.587. The van der Waals surface area contributed by atoms with Gasteiger partial charge in [-0.15, -0.1) is 0 Å². The molecular weight excluding hydrogens is 220 g/mol. The van der Waals surface area contributed by atoms with E-state index in [1.807, 2.05) is 19.9 Å². The second-order valence-corrected chi connectivity index (χ2v) is 4.35. The highest BCUT2D eigenvalue weighted by atomic mass is 16.6. The van der Waals surface area contributed by atoms with E-state index < -0.39 is 4.92 Å². The van der Waals surface area contributed by atoms with Crippen LogP contribution in [0.2, 0.25) is 0 Å². The van der Waals surface area contributed by atoms with Crippen molar-refractivity contribution in [3.05, 3.63) is 39.9 Å². The molecule has 0 bridgehead atoms. The fourth-order valence-corrected chi connectivity index (χ4v) is 1.39. The first-order chi connectivity index (χ1) is 8.00. The Morgan fingerprint density at radius 2 is 2.24 bits per heavy atom. The minimum absolute atomic E-state index is 0.0401. The molecule has 0 fully saturated rings. The van der Waals surface area contributed by atoms with Crippen LogP contribution in [-0.4, -0.2) is 22.2 Å². The number of aliphatic hydroxyl groups is 1. The monoisotopic (exact) mass is 238 g/mol. The van der Waals surface area contributed by atoms with Crippen LogP contribution in [0.1, 0.15) is 25.8 Å². The molecule has 94 valence electrons. The van der Waals surface area contributed by atoms with Gasteiger partial charge in [-0.05, 0) is 18.9 Å². The topological polar surface area (TPSA) is 75.4 Å². The first-order valence-electron chi connectivity index (χ1n) is 5.60. The average molecular weight is 238 g/mol. The van der Waals surface area contributed by atoms with Crippen molar-refractivity contribution in [2.24, 2.45) is 0 Å². The van der Waals surface area contributed by atoms with Crippen LogP contribution >= 0.6 is 0 Å². The molecule has 1 aromatic rings. The summed E-state index contributed by atoms with van der Waals surface area (Å²) in [5.74, 6) is 0. The molecule has 0 aliphatic carbocycles. The van der Waals surface area contributed by atoms with E-state index >= 15 is 0 Å². The van der Waals surface area contributed by atoms with Gasteiger partial charge in [-0.2, -0.15) is 0 Å². The van der Waals surface area contributed by atoms with Gasteiger partial charge in [-0.25, -0.2) is 0 Å². The van der Waals surface area contributed by atoms with Gasteiger partial charge in [0, 0.05) is 24.2 Å². The van der Waals surface area contributed by atoms with Gasteiger partial charge in [0.05, 0.1) is 11.5 Å². The molecule has 0 aliphatic heterocycles. The van der Waals surface area contributed by atoms with Crippen molar-refractivity contribution in [1.82, 2.24) is 5.32 Å². The molecule has 5 nitrogen and oxygen atoms in total. The fraction of sp³-hybridized carbons (Fsp3) is 0.500. The molecule has 1 atom stereocenters. The summed E-state index contributed by atoms with van der Waals surface area (Å²) in [4.78, 5) is 10.2. The lowest BCUT2D eigenvalue weighted by molar-refractivity contribution is -0.384. The van der Waals surface area contributed by atoms with Crippen molar-refractivity contribution in [3.63, 3.8) is 0 Å². The lowest BCUT2D eigenvalue weighted by Crippen LogP contribution is -2.44. The maximum Gasteiger partial charge on any atom is 0.269 e. The first kappa shape index (κ1) is 13.6. The zero-order valence-electron chi connectivity index (χ0n) is 10.1. The Labute approximate surface area is 101 Å². The molecule has 1 aromatic carbocycles. The van der Waals surface area contributed by atoms with Crippen molar-refractivity contribution in [2.75, 3.05) is 6.61 Å². The summed E-state index contributed by atoms with van der Waals surface area (Å²) in [5, 5.41) is 23.1. The van der Waals surface area contributed by atoms with Crippen molar-refractivity contribution < 1.29 is 10.0 Å². The predicted octanol–water partition coefficient (Wildman–Crippen LogP) is 1.85. The number of nitro benzene ring substituents is 1. The van der Waals surface area contributed by atoms with Crippen LogP contribution in [0, 0.1) is 10.1 Å². The quantitative estimate of drug-likeness (QED) is 0.585. The standard InChI is InChI=1S/C12H18N2O3/c1-3-12(2,9-15)13-8-10-5-4-6-11(7-10)14(16)17/h4-7,13,15H,3,8-9H2,1-2H3. The molecule has 0 aliphatic rings. The van der Waals surface area contributed by atoms with Gasteiger partial charge in [0.1, 0.15) is 0 Å². The van der Waals surface area contributed by atoms with E-state index in [1.165, 1.54) is 6.07 Å². The highest BCUT2D eigenvalue weighted by molar-refractivity contribution is 5.34. The van der Waals surface area contributed by atoms with E-state index in [9.17, 15) is 15.2 Å². The van der Waals surface area contributed by atoms with Gasteiger partial charge in [-0.3, -0.25) is 10.1 Å². The lowest BCUT2D eigenvalue weighted by Gasteiger charge is -2.27. The Kier molecular flexibility index (Phi) is 4.60. The van der Waals surface area contributed by atoms with Crippen molar-refractivity contribution in [2.45, 2.75) is 32.4 Å². The number of nitrogens with zero attached hydrogens (tertiary/aromatic N) is 1. The fourth-order valence-electron chi connectivity index (χ4n) is 1.39. The van der Waals surface area contributed by atoms with Gasteiger partial charge in [0.25, 0.3) is 5.69 Å². The Hall–Kier alpha value is -1.46. The van der Waals surface area contributed by atoms with Gasteiger partial charge < -0.3 is 10.4 Å². The molecule has 0 radical (unpaired) electrons. The molecule has 0 amide bonds. The minimum Gasteiger partial charge on any atom is -0.394 e. The van der Waals surface area contributed by atoms with Crippen LogP contribution in [0.4, 0.5) is 5.69 Å². The third kappa shape index (κ3) is 3.80. The average Bonchev–Trinajstić information content (AvgIpc) is 2.36. The zero-order chi connectivity index (χ0) is 12.9. The van der Waals surface area contributed by atoms with Crippen LogP contribution in [0.15, 0.2) is 24.3 Å². The molecular formula is C12H18N2O3. The third-order valence-electron chi connectivity index (χ3n) is 2.97. The summed E-state index contributed by atoms with van der Waals surface area (Å²) >= 11 is 0. The smallest absolute Gasteiger partial charge is 0.269 e. The van der Waals surface area contributed by atoms with Crippen molar-refractivity contribution >= 4 is 5.69 Å². The number of hydrogen-bond donors (Lipinski definition) is 2. The Morgan fingerprint density at radius 3 is 2.76 bits per heavy atom. The first-order valence-corrected chi connectivity index (χ1v) is 5.60. The molecule has 17 heavy (non-hydrogen) atoms. The summed E-state index contributed by atoms with van der Waals surface area (Å²) in [6.45, 7) is 4.45. The molecule has 5 heteroatoms. The van der Waals surface area contributed by atoms with E-state index in [4.69, 9.17) is 0 Å². The summed E-state index contributed by atoms with van der Waals surface area (Å²) in [6, 6.07) is 6.50. The van der Waals surface area contributed by atoms with Gasteiger partial charge >= 0.3 is 0 Å². The molecule has 1 rings (SSSR count). The van der Waals surface area contributed by atoms with Crippen molar-refractivity contribution in [3.8, 4) is 0 Å². The number of benzene rings is 1. The Bertz CT molecular complexity index is 389. The number of aliphatic hydroxyl groups excluding tert-OH is 1. The second-order valence-electron chi connectivity index (χ2n) is 4.35. The summed E-state index contributed by atoms with van der Waals surface area (Å²) in [7, 11) is 0. The number of hydrogen-bond acceptors (Lipinski definition) is 4. The van der Waals surface area contributed by atoms with Crippen LogP contribution < -0.4 is 5.32 Å². The van der Waals surface area contributed by atoms with Crippen molar-refractivity contribution in [1.29, 1.82) is 0 Å². The van der Waals surface area contributed by atoms with E-state index in [1.54, 1.807) is 12.1 Å². The van der Waals surface area contributed by atoms with E-state index in [0.29, 0.717) is 6.54 Å². The van der Waals surface area contributed by atoms with Gasteiger partial charge in [0.2, 0.25) is 0 Å². The van der Waals surface area contributed by atoms with E-state index in [0.717, 1.165) is 12.0 Å². The maximum absolute atomic E-state index is 10.6. The SMILES string of the molecule is CCC(C)(CO)NCc1cccc([N+](=O)[O-])c1. The minimum atomic E-state index is -0.408. The number of rotatable bonds is 6. The Balaban J connectivity index is 2.69. The normalized spacial score (nSPS) is 14.3. The van der Waals surface area contributed by atoms with Crippen LogP contribution in [0.25, 0.3) is 0 Å². The largest absolute Gasteiger partial charge is 0.394 e. The van der Waals surface area contributed by atoms with Crippen LogP contribution in [0.5, 0.6) is 0 Å². The molecule has 0 heterocycles. The second kappa shape index (κ2) is 5.75. The Morgan fingerprint density at radius 1 is 1.53 bits per heavy atom. The zero-order valence-corrected chi connectivity index (χ0v) is 10.1. The summed E-state index contributed by atoms with van der Waals surface area (Å²) in [6.07, 6.45) is 0.790. The number of nitrogens with one attached hydrogen (secondary N) is 1. The highest BCUT2D eigenvalue weighted by Crippen LogP contribution is 2.15. The lowest BCUT2D eigenvalue weighted by atomic mass is 10.00. The predicted molar refractivity (Wildman–Crippen MR) is 65.7 cm³/mol. The summed E-state index contributed by atoms with van der Waals surface area (Å²) < 4.78 is 0. The molecule has 0 spiro atoms. The molecule has 0 saturated carbocycles. The molecule has 2 N–H and O–H groups in total. The third-order valence-corrected chi connectivity index (χ3v) is 2.97. The van der Waals surface area contributed by atoms with Crippen LogP contribution in [-0.2, 0) is 6.54 Å². The molecule has 0 aromatic heterocycles. The van der Waals surface area contributed by atoms with Gasteiger partial charge in [-0.1, -0.05) is 19.1 Å². The maximum atomic E-state index is 10.6. The van der Waals surface area contributed by atoms with Gasteiger partial charge in [0.15, 0.2) is 0 Å². The number of non-ortho nitro benzene ring substituents is 1. The number of nitro groups is 1. The highest BCUT2D eigenvalue weighted by Gasteiger charge is 2.19.